The Labute approximate surface area is 218 Å². The maximum absolute atomic E-state index is 12.7. The molecule has 1 saturated carbocycles. The van der Waals surface area contributed by atoms with Crippen molar-refractivity contribution in [3.8, 4) is 17.6 Å². The summed E-state index contributed by atoms with van der Waals surface area (Å²) in [5, 5.41) is 18.1. The second kappa shape index (κ2) is 10.0. The molecule has 38 heavy (non-hydrogen) atoms. The fourth-order valence-electron chi connectivity index (χ4n) is 3.57. The van der Waals surface area contributed by atoms with E-state index in [9.17, 15) is 28.0 Å². The van der Waals surface area contributed by atoms with Crippen LogP contribution in [-0.2, 0) is 11.0 Å². The average Bonchev–Trinajstić information content (AvgIpc) is 3.64. The van der Waals surface area contributed by atoms with Gasteiger partial charge in [0.2, 0.25) is 5.91 Å². The van der Waals surface area contributed by atoms with Crippen molar-refractivity contribution in [3.63, 3.8) is 0 Å². The van der Waals surface area contributed by atoms with E-state index in [-0.39, 0.29) is 28.8 Å². The molecular weight excluding hydrogens is 519 g/mol. The Kier molecular flexibility index (Phi) is 6.61. The molecule has 3 aromatic carbocycles. The lowest BCUT2D eigenvalue weighted by Crippen LogP contribution is -2.19. The van der Waals surface area contributed by atoms with Gasteiger partial charge in [-0.25, -0.2) is 9.78 Å². The number of nitriles is 1. The van der Waals surface area contributed by atoms with Crippen molar-refractivity contribution in [3.05, 3.63) is 71.8 Å². The first-order valence-electron chi connectivity index (χ1n) is 11.4. The number of carbonyl (C=O) groups excluding carboxylic acids is 2. The van der Waals surface area contributed by atoms with Gasteiger partial charge in [-0.2, -0.15) is 18.4 Å². The van der Waals surface area contributed by atoms with Gasteiger partial charge in [-0.3, -0.25) is 4.79 Å². The van der Waals surface area contributed by atoms with Crippen LogP contribution in [0.2, 0.25) is 0 Å². The van der Waals surface area contributed by atoms with Crippen LogP contribution in [0.15, 0.2) is 60.7 Å². The molecule has 0 unspecified atom stereocenters. The van der Waals surface area contributed by atoms with Crippen molar-refractivity contribution in [2.24, 2.45) is 5.92 Å². The zero-order valence-electron chi connectivity index (χ0n) is 19.4. The van der Waals surface area contributed by atoms with E-state index in [1.54, 1.807) is 30.3 Å². The molecule has 0 atom stereocenters. The number of urea groups is 1. The van der Waals surface area contributed by atoms with Crippen LogP contribution < -0.4 is 20.7 Å². The molecule has 0 bridgehead atoms. The fourth-order valence-corrected chi connectivity index (χ4v) is 4.53. The van der Waals surface area contributed by atoms with Crippen molar-refractivity contribution in [1.82, 2.24) is 4.98 Å². The van der Waals surface area contributed by atoms with Gasteiger partial charge in [-0.15, -0.1) is 0 Å². The van der Waals surface area contributed by atoms with E-state index in [1.165, 1.54) is 17.4 Å². The number of thiazole rings is 1. The van der Waals surface area contributed by atoms with E-state index in [1.807, 2.05) is 0 Å². The van der Waals surface area contributed by atoms with Gasteiger partial charge in [0.15, 0.2) is 5.13 Å². The molecule has 1 aliphatic rings. The van der Waals surface area contributed by atoms with Crippen LogP contribution >= 0.6 is 11.3 Å². The van der Waals surface area contributed by atoms with E-state index in [4.69, 9.17) is 4.74 Å². The molecule has 0 aliphatic heterocycles. The van der Waals surface area contributed by atoms with Crippen LogP contribution in [0.4, 0.5) is 34.5 Å². The van der Waals surface area contributed by atoms with Gasteiger partial charge in [0.1, 0.15) is 23.1 Å². The third-order valence-electron chi connectivity index (χ3n) is 5.60. The summed E-state index contributed by atoms with van der Waals surface area (Å²) in [6.07, 6.45) is -2.74. The molecule has 0 saturated heterocycles. The molecular formula is C26H18F3N5O3S. The zero-order chi connectivity index (χ0) is 26.9. The van der Waals surface area contributed by atoms with Crippen molar-refractivity contribution in [2.75, 3.05) is 16.0 Å². The lowest BCUT2D eigenvalue weighted by molar-refractivity contribution is -0.137. The summed E-state index contributed by atoms with van der Waals surface area (Å²) < 4.78 is 44.6. The Balaban J connectivity index is 1.28. The summed E-state index contributed by atoms with van der Waals surface area (Å²) in [7, 11) is 0. The number of nitrogens with one attached hydrogen (secondary N) is 3. The average molecular weight is 538 g/mol. The first-order valence-corrected chi connectivity index (χ1v) is 12.2. The standard InChI is InChI=1S/C26H18F3N5O3S/c27-26(28,29)15-6-8-16(9-7-15)31-24(36)32-17-2-1-3-18(12-17)37-21-11-10-20-22(19(21)13-30)38-25(33-20)34-23(35)14-4-5-14/h1-3,6-12,14H,4-5H2,(H2,31,32,36)(H,33,34,35). The summed E-state index contributed by atoms with van der Waals surface area (Å²) in [6.45, 7) is 0. The largest absolute Gasteiger partial charge is 0.456 e. The smallest absolute Gasteiger partial charge is 0.416 e. The zero-order valence-corrected chi connectivity index (χ0v) is 20.2. The number of nitrogens with zero attached hydrogens (tertiary/aromatic N) is 2. The molecule has 3 N–H and O–H groups in total. The highest BCUT2D eigenvalue weighted by atomic mass is 32.1. The van der Waals surface area contributed by atoms with Gasteiger partial charge < -0.3 is 20.7 Å². The molecule has 4 aromatic rings. The number of fused-ring (bicyclic) bond motifs is 1. The highest BCUT2D eigenvalue weighted by Gasteiger charge is 2.31. The minimum Gasteiger partial charge on any atom is -0.456 e. The van der Waals surface area contributed by atoms with Gasteiger partial charge in [0, 0.05) is 23.4 Å². The van der Waals surface area contributed by atoms with Crippen LogP contribution in [0, 0.1) is 17.2 Å². The predicted molar refractivity (Wildman–Crippen MR) is 136 cm³/mol. The van der Waals surface area contributed by atoms with Crippen LogP contribution in [0.5, 0.6) is 11.5 Å². The number of hydrogen-bond acceptors (Lipinski definition) is 6. The SMILES string of the molecule is N#Cc1c(Oc2cccc(NC(=O)Nc3ccc(C(F)(F)F)cc3)c2)ccc2nc(NC(=O)C3CC3)sc12. The summed E-state index contributed by atoms with van der Waals surface area (Å²) in [6, 6.07) is 15.2. The minimum absolute atomic E-state index is 0.0225. The Morgan fingerprint density at radius 3 is 2.42 bits per heavy atom. The molecule has 192 valence electrons. The summed E-state index contributed by atoms with van der Waals surface area (Å²) >= 11 is 1.19. The van der Waals surface area contributed by atoms with Gasteiger partial charge in [0.25, 0.3) is 0 Å². The van der Waals surface area contributed by atoms with Crippen LogP contribution in [0.3, 0.4) is 0 Å². The Morgan fingerprint density at radius 1 is 1.00 bits per heavy atom. The molecule has 3 amide bonds. The molecule has 1 aromatic heterocycles. The quantitative estimate of drug-likeness (QED) is 0.246. The molecule has 1 fully saturated rings. The Bertz CT molecular complexity index is 1570. The van der Waals surface area contributed by atoms with Gasteiger partial charge >= 0.3 is 12.2 Å². The lowest BCUT2D eigenvalue weighted by atomic mass is 10.2. The van der Waals surface area contributed by atoms with Crippen LogP contribution in [0.1, 0.15) is 24.0 Å². The Morgan fingerprint density at radius 2 is 1.74 bits per heavy atom. The molecule has 12 heteroatoms. The molecule has 0 spiro atoms. The van der Waals surface area contributed by atoms with E-state index in [2.05, 4.69) is 27.0 Å². The molecule has 1 heterocycles. The molecule has 5 rings (SSSR count). The third kappa shape index (κ3) is 5.68. The van der Waals surface area contributed by atoms with Crippen molar-refractivity contribution in [1.29, 1.82) is 5.26 Å². The van der Waals surface area contributed by atoms with E-state index in [0.29, 0.717) is 26.8 Å². The number of alkyl halides is 3. The maximum atomic E-state index is 12.7. The number of ether oxygens (including phenoxy) is 1. The second-order valence-electron chi connectivity index (χ2n) is 8.47. The lowest BCUT2D eigenvalue weighted by Gasteiger charge is -2.11. The summed E-state index contributed by atoms with van der Waals surface area (Å²) in [4.78, 5) is 28.8. The van der Waals surface area contributed by atoms with E-state index in [0.717, 1.165) is 37.1 Å². The summed E-state index contributed by atoms with van der Waals surface area (Å²) in [5.74, 6) is 0.551. The number of halogens is 3. The van der Waals surface area contributed by atoms with E-state index < -0.39 is 17.8 Å². The number of carbonyl (C=O) groups is 2. The monoisotopic (exact) mass is 537 g/mol. The van der Waals surface area contributed by atoms with Crippen LogP contribution in [0.25, 0.3) is 10.2 Å². The minimum atomic E-state index is -4.47. The summed E-state index contributed by atoms with van der Waals surface area (Å²) in [5.41, 5.74) is 0.535. The number of aromatic nitrogens is 1. The van der Waals surface area contributed by atoms with Gasteiger partial charge in [0.05, 0.1) is 15.8 Å². The van der Waals surface area contributed by atoms with Crippen LogP contribution in [-0.4, -0.2) is 16.9 Å². The number of benzene rings is 3. The third-order valence-corrected chi connectivity index (χ3v) is 6.60. The first-order chi connectivity index (χ1) is 18.2. The topological polar surface area (TPSA) is 116 Å². The van der Waals surface area contributed by atoms with Crippen molar-refractivity contribution >= 4 is 50.0 Å². The highest BCUT2D eigenvalue weighted by molar-refractivity contribution is 7.22. The maximum Gasteiger partial charge on any atom is 0.416 e. The number of rotatable bonds is 6. The second-order valence-corrected chi connectivity index (χ2v) is 9.46. The number of anilines is 3. The van der Waals surface area contributed by atoms with Gasteiger partial charge in [-0.05, 0) is 61.4 Å². The molecule has 0 radical (unpaired) electrons. The molecule has 1 aliphatic carbocycles. The normalized spacial score (nSPS) is 13.0. The van der Waals surface area contributed by atoms with Crippen molar-refractivity contribution < 1.29 is 27.5 Å². The van der Waals surface area contributed by atoms with Gasteiger partial charge in [-0.1, -0.05) is 17.4 Å². The Hall–Kier alpha value is -4.63. The molecule has 8 nitrogen and oxygen atoms in total. The number of amides is 3. The number of hydrogen-bond donors (Lipinski definition) is 3. The van der Waals surface area contributed by atoms with E-state index >= 15 is 0 Å². The predicted octanol–water partition coefficient (Wildman–Crippen LogP) is 6.97. The van der Waals surface area contributed by atoms with Crippen molar-refractivity contribution in [2.45, 2.75) is 19.0 Å². The fraction of sp³-hybridized carbons (Fsp3) is 0.154. The highest BCUT2D eigenvalue weighted by Crippen LogP contribution is 2.37. The first kappa shape index (κ1) is 25.0.